The van der Waals surface area contributed by atoms with Gasteiger partial charge < -0.3 is 5.43 Å². The summed E-state index contributed by atoms with van der Waals surface area (Å²) >= 11 is 0. The average molecular weight is 146 g/mol. The van der Waals surface area contributed by atoms with Crippen LogP contribution in [0.15, 0.2) is 18.5 Å². The predicted octanol–water partition coefficient (Wildman–Crippen LogP) is 0.368. The first-order valence-corrected chi connectivity index (χ1v) is 3.30. The molecule has 0 fully saturated rings. The van der Waals surface area contributed by atoms with E-state index in [0.29, 0.717) is 5.69 Å². The van der Waals surface area contributed by atoms with E-state index >= 15 is 0 Å². The molecule has 1 aliphatic rings. The number of hydrogen-bond donors (Lipinski definition) is 1. The zero-order valence-electron chi connectivity index (χ0n) is 5.78. The summed E-state index contributed by atoms with van der Waals surface area (Å²) in [5, 5.41) is 8.51. The lowest BCUT2D eigenvalue weighted by Crippen LogP contribution is -2.14. The summed E-state index contributed by atoms with van der Waals surface area (Å²) in [6.45, 7) is 0. The third kappa shape index (κ3) is 0.867. The van der Waals surface area contributed by atoms with E-state index in [1.165, 1.54) is 0 Å². The van der Waals surface area contributed by atoms with Crippen LogP contribution in [0, 0.1) is 11.3 Å². The van der Waals surface area contributed by atoms with E-state index in [1.54, 1.807) is 10.9 Å². The molecule has 0 aromatic carbocycles. The minimum atomic E-state index is 0.455. The van der Waals surface area contributed by atoms with Crippen LogP contribution in [-0.2, 0) is 6.42 Å². The monoisotopic (exact) mass is 146 g/mol. The van der Waals surface area contributed by atoms with Gasteiger partial charge in [-0.1, -0.05) is 6.08 Å². The van der Waals surface area contributed by atoms with Crippen LogP contribution < -0.4 is 5.43 Å². The first-order valence-electron chi connectivity index (χ1n) is 3.30. The average Bonchev–Trinajstić information content (AvgIpc) is 2.46. The number of aromatic nitrogens is 2. The van der Waals surface area contributed by atoms with Crippen molar-refractivity contribution in [2.45, 2.75) is 6.42 Å². The predicted molar refractivity (Wildman–Crippen MR) is 39.1 cm³/mol. The maximum absolute atomic E-state index is 8.51. The summed E-state index contributed by atoms with van der Waals surface area (Å²) in [6, 6.07) is 1.98. The van der Waals surface area contributed by atoms with E-state index in [-0.39, 0.29) is 0 Å². The minimum absolute atomic E-state index is 0.455. The molecule has 0 atom stereocenters. The molecule has 1 N–H and O–H groups in total. The van der Waals surface area contributed by atoms with E-state index in [1.807, 2.05) is 18.3 Å². The van der Waals surface area contributed by atoms with Crippen LogP contribution in [0.4, 0.5) is 0 Å². The number of rotatable bonds is 0. The molecule has 1 aromatic rings. The van der Waals surface area contributed by atoms with Crippen molar-refractivity contribution in [3.63, 3.8) is 0 Å². The second kappa shape index (κ2) is 2.13. The number of allylic oxidation sites excluding steroid dienone is 1. The fraction of sp³-hybridized carbons (Fsp3) is 0.143. The summed E-state index contributed by atoms with van der Waals surface area (Å²) in [5.41, 5.74) is 3.39. The van der Waals surface area contributed by atoms with E-state index in [0.717, 1.165) is 12.2 Å². The molecule has 0 unspecified atom stereocenters. The van der Waals surface area contributed by atoms with Crippen LogP contribution in [0.3, 0.4) is 0 Å². The Bertz CT molecular complexity index is 316. The summed E-state index contributed by atoms with van der Waals surface area (Å²) in [7, 11) is 0. The van der Waals surface area contributed by atoms with Gasteiger partial charge in [-0.25, -0.2) is 9.66 Å². The molecule has 0 spiro atoms. The molecule has 0 amide bonds. The Morgan fingerprint density at radius 1 is 1.73 bits per heavy atom. The number of nitrogens with zero attached hydrogens (tertiary/aromatic N) is 3. The topological polar surface area (TPSA) is 53.6 Å². The number of nitriles is 1. The molecule has 1 aliphatic heterocycles. The van der Waals surface area contributed by atoms with Gasteiger partial charge in [-0.3, -0.25) is 0 Å². The van der Waals surface area contributed by atoms with Crippen molar-refractivity contribution in [3.8, 4) is 6.07 Å². The zero-order chi connectivity index (χ0) is 7.68. The highest BCUT2D eigenvalue weighted by molar-refractivity contribution is 5.23. The van der Waals surface area contributed by atoms with Crippen LogP contribution in [0.2, 0.25) is 0 Å². The lowest BCUT2D eigenvalue weighted by molar-refractivity contribution is 0.832. The van der Waals surface area contributed by atoms with Gasteiger partial charge in [-0.15, -0.1) is 0 Å². The molecule has 0 aliphatic carbocycles. The van der Waals surface area contributed by atoms with Gasteiger partial charge >= 0.3 is 0 Å². The second-order valence-corrected chi connectivity index (χ2v) is 2.26. The first-order chi connectivity index (χ1) is 5.40. The molecule has 54 valence electrons. The van der Waals surface area contributed by atoms with Crippen molar-refractivity contribution in [3.05, 3.63) is 30.0 Å². The fourth-order valence-corrected chi connectivity index (χ4v) is 1.03. The van der Waals surface area contributed by atoms with Gasteiger partial charge in [-0.2, -0.15) is 5.26 Å². The quantitative estimate of drug-likeness (QED) is 0.575. The highest BCUT2D eigenvalue weighted by Gasteiger charge is 2.06. The van der Waals surface area contributed by atoms with Crippen LogP contribution in [0.5, 0.6) is 0 Å². The van der Waals surface area contributed by atoms with Crippen LogP contribution in [0.25, 0.3) is 0 Å². The highest BCUT2D eigenvalue weighted by atomic mass is 15.4. The van der Waals surface area contributed by atoms with Gasteiger partial charge in [0.1, 0.15) is 11.9 Å². The third-order valence-electron chi connectivity index (χ3n) is 1.53. The van der Waals surface area contributed by atoms with Crippen molar-refractivity contribution in [2.24, 2.45) is 0 Å². The molecule has 2 heterocycles. The van der Waals surface area contributed by atoms with Gasteiger partial charge in [0, 0.05) is 12.6 Å². The van der Waals surface area contributed by atoms with Crippen molar-refractivity contribution in [1.29, 1.82) is 5.26 Å². The molecule has 11 heavy (non-hydrogen) atoms. The lowest BCUT2D eigenvalue weighted by atomic mass is 10.4. The van der Waals surface area contributed by atoms with Crippen LogP contribution in [-0.4, -0.2) is 9.66 Å². The second-order valence-electron chi connectivity index (χ2n) is 2.26. The summed E-state index contributed by atoms with van der Waals surface area (Å²) in [6.07, 6.45) is 6.26. The fourth-order valence-electron chi connectivity index (χ4n) is 1.03. The van der Waals surface area contributed by atoms with Crippen molar-refractivity contribution in [2.75, 3.05) is 5.43 Å². The van der Waals surface area contributed by atoms with Crippen molar-refractivity contribution in [1.82, 2.24) is 9.66 Å². The molecule has 0 saturated heterocycles. The largest absolute Gasteiger partial charge is 0.301 e. The molecule has 0 bridgehead atoms. The maximum Gasteiger partial charge on any atom is 0.160 e. The molecule has 4 heteroatoms. The van der Waals surface area contributed by atoms with E-state index in [4.69, 9.17) is 5.26 Å². The molecule has 4 nitrogen and oxygen atoms in total. The van der Waals surface area contributed by atoms with Crippen LogP contribution >= 0.6 is 0 Å². The number of imidazole rings is 1. The first kappa shape index (κ1) is 5.98. The van der Waals surface area contributed by atoms with Gasteiger partial charge in [0.05, 0.1) is 6.20 Å². The number of hydrogen-bond acceptors (Lipinski definition) is 3. The summed E-state index contributed by atoms with van der Waals surface area (Å²) < 4.78 is 1.75. The maximum atomic E-state index is 8.51. The Morgan fingerprint density at radius 3 is 3.36 bits per heavy atom. The van der Waals surface area contributed by atoms with Crippen molar-refractivity contribution >= 4 is 0 Å². The van der Waals surface area contributed by atoms with E-state index in [9.17, 15) is 0 Å². The lowest BCUT2D eigenvalue weighted by Gasteiger charge is -2.08. The summed E-state index contributed by atoms with van der Waals surface area (Å²) in [4.78, 5) is 4.06. The van der Waals surface area contributed by atoms with E-state index in [2.05, 4.69) is 10.4 Å². The highest BCUT2D eigenvalue weighted by Crippen LogP contribution is 2.04. The SMILES string of the molecule is N#Cc1cn2c(n1)CC=CN2. The Kier molecular flexibility index (Phi) is 1.16. The molecule has 2 rings (SSSR count). The molecular formula is C7H6N4. The van der Waals surface area contributed by atoms with Gasteiger partial charge in [-0.05, 0) is 0 Å². The van der Waals surface area contributed by atoms with Crippen LogP contribution in [0.1, 0.15) is 11.5 Å². The Labute approximate surface area is 63.7 Å². The molecule has 0 saturated carbocycles. The van der Waals surface area contributed by atoms with Gasteiger partial charge in [0.15, 0.2) is 5.69 Å². The van der Waals surface area contributed by atoms with Crippen molar-refractivity contribution < 1.29 is 0 Å². The van der Waals surface area contributed by atoms with Gasteiger partial charge in [0.2, 0.25) is 0 Å². The number of fused-ring (bicyclic) bond motifs is 1. The minimum Gasteiger partial charge on any atom is -0.301 e. The standard InChI is InChI=1S/C7H6N4/c8-4-6-5-11-7(10-6)2-1-3-9-11/h1,3,5,9H,2H2. The third-order valence-corrected chi connectivity index (χ3v) is 1.53. The molecule has 1 aromatic heterocycles. The molecule has 0 radical (unpaired) electrons. The smallest absolute Gasteiger partial charge is 0.160 e. The van der Waals surface area contributed by atoms with E-state index < -0.39 is 0 Å². The van der Waals surface area contributed by atoms with Gasteiger partial charge in [0.25, 0.3) is 0 Å². The Hall–Kier alpha value is -1.76. The molecular weight excluding hydrogens is 140 g/mol. The summed E-state index contributed by atoms with van der Waals surface area (Å²) in [5.74, 6) is 0.879. The zero-order valence-corrected chi connectivity index (χ0v) is 5.78. The normalized spacial score (nSPS) is 13.4. The number of nitrogens with one attached hydrogen (secondary N) is 1. The Balaban J connectivity index is 2.46. The Morgan fingerprint density at radius 2 is 2.64 bits per heavy atom.